The number of anilines is 2. The van der Waals surface area contributed by atoms with Crippen molar-refractivity contribution in [1.82, 2.24) is 9.78 Å². The highest BCUT2D eigenvalue weighted by molar-refractivity contribution is 5.74. The molecule has 0 saturated carbocycles. The van der Waals surface area contributed by atoms with E-state index in [1.807, 2.05) is 4.90 Å². The third-order valence-electron chi connectivity index (χ3n) is 5.93. The number of fused-ring (bicyclic) bond motifs is 1. The molecule has 4 rings (SSSR count). The molecule has 0 saturated heterocycles. The van der Waals surface area contributed by atoms with Crippen LogP contribution in [0.4, 0.5) is 37.7 Å². The van der Waals surface area contributed by atoms with Crippen LogP contribution in [0, 0.1) is 6.92 Å². The van der Waals surface area contributed by atoms with Gasteiger partial charge >= 0.3 is 12.5 Å². The predicted molar refractivity (Wildman–Crippen MR) is 121 cm³/mol. The Bertz CT molecular complexity index is 1210. The lowest BCUT2D eigenvalue weighted by atomic mass is 10.0. The van der Waals surface area contributed by atoms with Crippen LogP contribution in [-0.4, -0.2) is 46.6 Å². The highest BCUT2D eigenvalue weighted by Crippen LogP contribution is 2.42. The molecule has 12 heteroatoms. The Kier molecular flexibility index (Phi) is 6.82. The molecule has 0 fully saturated rings. The van der Waals surface area contributed by atoms with Gasteiger partial charge in [0.1, 0.15) is 5.75 Å². The monoisotopic (exact) mass is 514 g/mol. The number of aliphatic hydroxyl groups excluding tert-OH is 1. The van der Waals surface area contributed by atoms with Gasteiger partial charge in [-0.05, 0) is 42.8 Å². The summed E-state index contributed by atoms with van der Waals surface area (Å²) in [7, 11) is 1.68. The molecule has 1 aromatic heterocycles. The zero-order valence-electron chi connectivity index (χ0n) is 19.4. The molecule has 0 bridgehead atoms. The Labute approximate surface area is 203 Å². The second-order valence-corrected chi connectivity index (χ2v) is 8.62. The highest BCUT2D eigenvalue weighted by atomic mass is 19.4. The summed E-state index contributed by atoms with van der Waals surface area (Å²) in [5.74, 6) is -0.362. The Morgan fingerprint density at radius 1 is 1.03 bits per heavy atom. The van der Waals surface area contributed by atoms with Crippen LogP contribution >= 0.6 is 0 Å². The Balaban J connectivity index is 1.73. The van der Waals surface area contributed by atoms with Gasteiger partial charge in [-0.1, -0.05) is 24.3 Å². The van der Waals surface area contributed by atoms with E-state index in [0.29, 0.717) is 28.3 Å². The third kappa shape index (κ3) is 5.69. The maximum atomic E-state index is 13.3. The first-order valence-corrected chi connectivity index (χ1v) is 11.0. The molecular weight excluding hydrogens is 490 g/mol. The number of ether oxygens (including phenoxy) is 1. The average molecular weight is 514 g/mol. The molecule has 0 spiro atoms. The second-order valence-electron chi connectivity index (χ2n) is 8.62. The number of halogens is 6. The van der Waals surface area contributed by atoms with Crippen LogP contribution in [0.15, 0.2) is 54.6 Å². The molecule has 2 atom stereocenters. The number of aliphatic hydroxyl groups is 1. The van der Waals surface area contributed by atoms with Gasteiger partial charge in [-0.15, -0.1) is 13.2 Å². The van der Waals surface area contributed by atoms with Crippen molar-refractivity contribution >= 4 is 11.4 Å². The molecule has 0 aliphatic carbocycles. The Morgan fingerprint density at radius 3 is 2.33 bits per heavy atom. The summed E-state index contributed by atoms with van der Waals surface area (Å²) in [4.78, 5) is 3.38. The topological polar surface area (TPSA) is 53.8 Å². The predicted octanol–water partition coefficient (Wildman–Crippen LogP) is 5.12. The number of benzene rings is 2. The molecule has 0 radical (unpaired) electrons. The van der Waals surface area contributed by atoms with Crippen molar-refractivity contribution in [3.63, 3.8) is 0 Å². The number of nitrogens with zero attached hydrogens (tertiary/aromatic N) is 4. The fourth-order valence-corrected chi connectivity index (χ4v) is 4.47. The standard InChI is InChI=1S/C24H24F6N4O2/c1-15-10-20(32(2)31-15)21-13-33(12-16-6-5-7-17(11-16)36-24(28,29)30)18-8-3-4-9-19(18)34(21)14-22(35)23(25,26)27/h3-11,21-22,35H,12-14H2,1-2H3. The van der Waals surface area contributed by atoms with Crippen molar-refractivity contribution in [2.45, 2.75) is 38.2 Å². The van der Waals surface area contributed by atoms with Gasteiger partial charge in [0.05, 0.1) is 35.3 Å². The molecule has 6 nitrogen and oxygen atoms in total. The van der Waals surface area contributed by atoms with E-state index in [1.54, 1.807) is 55.1 Å². The first-order chi connectivity index (χ1) is 16.8. The number of β-amino-alcohol motifs (C(OH)–C–C–N with tert-alkyl or cyclic N) is 1. The average Bonchev–Trinajstić information content (AvgIpc) is 3.11. The van der Waals surface area contributed by atoms with E-state index in [-0.39, 0.29) is 18.8 Å². The molecule has 1 aliphatic rings. The van der Waals surface area contributed by atoms with E-state index < -0.39 is 31.2 Å². The minimum absolute atomic E-state index is 0.176. The number of rotatable bonds is 6. The SMILES string of the molecule is Cc1cc(C2CN(Cc3cccc(OC(F)(F)F)c3)c3ccccc3N2CC(O)C(F)(F)F)n(C)n1. The van der Waals surface area contributed by atoms with Gasteiger partial charge in [0.2, 0.25) is 0 Å². The summed E-state index contributed by atoms with van der Waals surface area (Å²) in [6, 6.07) is 13.5. The van der Waals surface area contributed by atoms with Crippen molar-refractivity contribution in [3.05, 3.63) is 71.5 Å². The van der Waals surface area contributed by atoms with Crippen molar-refractivity contribution < 1.29 is 36.2 Å². The van der Waals surface area contributed by atoms with Gasteiger partial charge in [-0.3, -0.25) is 4.68 Å². The van der Waals surface area contributed by atoms with Crippen molar-refractivity contribution in [2.75, 3.05) is 22.9 Å². The number of aromatic nitrogens is 2. The summed E-state index contributed by atoms with van der Waals surface area (Å²) in [5.41, 5.74) is 2.87. The fourth-order valence-electron chi connectivity index (χ4n) is 4.47. The Hall–Kier alpha value is -3.41. The maximum Gasteiger partial charge on any atom is 0.573 e. The molecule has 2 unspecified atom stereocenters. The molecule has 3 aromatic rings. The number of hydrogen-bond acceptors (Lipinski definition) is 5. The zero-order valence-corrected chi connectivity index (χ0v) is 19.4. The van der Waals surface area contributed by atoms with Crippen LogP contribution in [0.1, 0.15) is 23.0 Å². The van der Waals surface area contributed by atoms with Gasteiger partial charge in [0.25, 0.3) is 0 Å². The van der Waals surface area contributed by atoms with E-state index in [9.17, 15) is 31.4 Å². The van der Waals surface area contributed by atoms with Gasteiger partial charge in [-0.2, -0.15) is 18.3 Å². The summed E-state index contributed by atoms with van der Waals surface area (Å²) < 4.78 is 83.6. The van der Waals surface area contributed by atoms with E-state index in [2.05, 4.69) is 9.84 Å². The highest BCUT2D eigenvalue weighted by Gasteiger charge is 2.43. The minimum Gasteiger partial charge on any atom is -0.406 e. The van der Waals surface area contributed by atoms with Gasteiger partial charge in [-0.25, -0.2) is 0 Å². The molecule has 2 aromatic carbocycles. The normalized spacial score (nSPS) is 17.2. The van der Waals surface area contributed by atoms with Crippen LogP contribution in [0.3, 0.4) is 0 Å². The molecule has 194 valence electrons. The second kappa shape index (κ2) is 9.57. The number of hydrogen-bond donors (Lipinski definition) is 1. The van der Waals surface area contributed by atoms with Crippen LogP contribution in [0.5, 0.6) is 5.75 Å². The fraction of sp³-hybridized carbons (Fsp3) is 0.375. The summed E-state index contributed by atoms with van der Waals surface area (Å²) in [6.45, 7) is 1.44. The van der Waals surface area contributed by atoms with Crippen LogP contribution in [0.25, 0.3) is 0 Å². The maximum absolute atomic E-state index is 13.3. The molecule has 1 N–H and O–H groups in total. The number of aryl methyl sites for hydroxylation is 2. The molecule has 2 heterocycles. The quantitative estimate of drug-likeness (QED) is 0.463. The first kappa shape index (κ1) is 25.7. The lowest BCUT2D eigenvalue weighted by molar-refractivity contribution is -0.274. The van der Waals surface area contributed by atoms with Gasteiger partial charge in [0, 0.05) is 20.1 Å². The molecule has 36 heavy (non-hydrogen) atoms. The largest absolute Gasteiger partial charge is 0.573 e. The van der Waals surface area contributed by atoms with Crippen LogP contribution in [0.2, 0.25) is 0 Å². The lowest BCUT2D eigenvalue weighted by Gasteiger charge is -2.45. The van der Waals surface area contributed by atoms with Crippen LogP contribution < -0.4 is 14.5 Å². The smallest absolute Gasteiger partial charge is 0.406 e. The van der Waals surface area contributed by atoms with E-state index in [0.717, 1.165) is 0 Å². The molecule has 0 amide bonds. The van der Waals surface area contributed by atoms with E-state index in [1.165, 1.54) is 23.1 Å². The Morgan fingerprint density at radius 2 is 1.72 bits per heavy atom. The summed E-state index contributed by atoms with van der Waals surface area (Å²) in [5, 5.41) is 14.2. The molecular formula is C24H24F6N4O2. The lowest BCUT2D eigenvalue weighted by Crippen LogP contribution is -2.49. The van der Waals surface area contributed by atoms with Crippen LogP contribution in [-0.2, 0) is 13.6 Å². The summed E-state index contributed by atoms with van der Waals surface area (Å²) in [6.07, 6.45) is -12.2. The van der Waals surface area contributed by atoms with Crippen molar-refractivity contribution in [2.24, 2.45) is 7.05 Å². The first-order valence-electron chi connectivity index (χ1n) is 11.0. The van der Waals surface area contributed by atoms with E-state index in [4.69, 9.17) is 0 Å². The zero-order chi connectivity index (χ0) is 26.3. The van der Waals surface area contributed by atoms with Gasteiger partial charge < -0.3 is 19.6 Å². The number of para-hydroxylation sites is 2. The summed E-state index contributed by atoms with van der Waals surface area (Å²) >= 11 is 0. The van der Waals surface area contributed by atoms with Crippen molar-refractivity contribution in [1.29, 1.82) is 0 Å². The van der Waals surface area contributed by atoms with E-state index >= 15 is 0 Å². The third-order valence-corrected chi connectivity index (χ3v) is 5.93. The number of alkyl halides is 6. The molecule has 1 aliphatic heterocycles. The minimum atomic E-state index is -4.83. The van der Waals surface area contributed by atoms with Gasteiger partial charge in [0.15, 0.2) is 6.10 Å². The van der Waals surface area contributed by atoms with Crippen molar-refractivity contribution in [3.8, 4) is 5.75 Å².